The number of carbonyl (C=O) groups is 1. The molecule has 140 valence electrons. The van der Waals surface area contributed by atoms with Gasteiger partial charge >= 0.3 is 0 Å². The fourth-order valence-electron chi connectivity index (χ4n) is 3.62. The van der Waals surface area contributed by atoms with Crippen LogP contribution in [-0.2, 0) is 4.79 Å². The second-order valence-corrected chi connectivity index (χ2v) is 7.45. The van der Waals surface area contributed by atoms with Crippen molar-refractivity contribution in [1.29, 1.82) is 0 Å². The standard InChI is InChI=1S/C17H33N5O.HI/c1-17(2,15(23)18-3)12-20-16(19-4)21-13-9-10-22(11-13)14-7-5-6-8-14;/h13-14H,5-12H2,1-4H3,(H,18,23)(H2,19,20,21);1H. The largest absolute Gasteiger partial charge is 0.359 e. The summed E-state index contributed by atoms with van der Waals surface area (Å²) in [6.45, 7) is 6.71. The molecule has 3 N–H and O–H groups in total. The van der Waals surface area contributed by atoms with E-state index in [9.17, 15) is 4.79 Å². The van der Waals surface area contributed by atoms with Gasteiger partial charge in [-0.1, -0.05) is 12.8 Å². The van der Waals surface area contributed by atoms with Gasteiger partial charge in [-0.2, -0.15) is 0 Å². The molecule has 0 aromatic rings. The molecule has 1 atom stereocenters. The van der Waals surface area contributed by atoms with E-state index in [0.29, 0.717) is 12.6 Å². The summed E-state index contributed by atoms with van der Waals surface area (Å²) in [6, 6.07) is 1.24. The zero-order valence-corrected chi connectivity index (χ0v) is 17.9. The summed E-state index contributed by atoms with van der Waals surface area (Å²) in [7, 11) is 3.46. The Bertz CT molecular complexity index is 435. The van der Waals surface area contributed by atoms with Crippen molar-refractivity contribution in [3.05, 3.63) is 0 Å². The van der Waals surface area contributed by atoms with E-state index in [4.69, 9.17) is 0 Å². The van der Waals surface area contributed by atoms with Gasteiger partial charge in [0.1, 0.15) is 0 Å². The maximum absolute atomic E-state index is 11.9. The zero-order chi connectivity index (χ0) is 16.9. The topological polar surface area (TPSA) is 68.8 Å². The van der Waals surface area contributed by atoms with Crippen LogP contribution in [0.3, 0.4) is 0 Å². The number of amides is 1. The predicted molar refractivity (Wildman–Crippen MR) is 110 cm³/mol. The van der Waals surface area contributed by atoms with Gasteiger partial charge in [0, 0.05) is 45.8 Å². The number of guanidine groups is 1. The van der Waals surface area contributed by atoms with Crippen LogP contribution in [-0.4, -0.2) is 62.6 Å². The Morgan fingerprint density at radius 1 is 1.25 bits per heavy atom. The maximum Gasteiger partial charge on any atom is 0.227 e. The lowest BCUT2D eigenvalue weighted by atomic mass is 9.92. The van der Waals surface area contributed by atoms with Gasteiger partial charge in [0.25, 0.3) is 0 Å². The number of likely N-dealkylation sites (tertiary alicyclic amines) is 1. The van der Waals surface area contributed by atoms with Gasteiger partial charge in [-0.25, -0.2) is 0 Å². The van der Waals surface area contributed by atoms with Crippen molar-refractivity contribution in [2.45, 2.75) is 58.0 Å². The monoisotopic (exact) mass is 451 g/mol. The Labute approximate surface area is 163 Å². The summed E-state index contributed by atoms with van der Waals surface area (Å²) in [5.74, 6) is 0.828. The lowest BCUT2D eigenvalue weighted by Crippen LogP contribution is -2.50. The Morgan fingerprint density at radius 3 is 2.50 bits per heavy atom. The van der Waals surface area contributed by atoms with E-state index in [1.807, 2.05) is 13.8 Å². The summed E-state index contributed by atoms with van der Waals surface area (Å²) >= 11 is 0. The van der Waals surface area contributed by atoms with Crippen molar-refractivity contribution >= 4 is 35.8 Å². The van der Waals surface area contributed by atoms with E-state index < -0.39 is 5.41 Å². The molecule has 1 saturated carbocycles. The highest BCUT2D eigenvalue weighted by molar-refractivity contribution is 14.0. The molecule has 1 unspecified atom stereocenters. The molecule has 0 aromatic heterocycles. The van der Waals surface area contributed by atoms with Gasteiger partial charge < -0.3 is 16.0 Å². The fraction of sp³-hybridized carbons (Fsp3) is 0.882. The molecule has 1 heterocycles. The Kier molecular flexibility index (Phi) is 8.76. The molecule has 0 bridgehead atoms. The van der Waals surface area contributed by atoms with Crippen LogP contribution in [0.25, 0.3) is 0 Å². The number of nitrogens with one attached hydrogen (secondary N) is 3. The van der Waals surface area contributed by atoms with E-state index in [0.717, 1.165) is 25.0 Å². The molecule has 2 aliphatic rings. The first-order chi connectivity index (χ1) is 11.0. The van der Waals surface area contributed by atoms with Crippen molar-refractivity contribution in [3.63, 3.8) is 0 Å². The van der Waals surface area contributed by atoms with Crippen LogP contribution in [0.4, 0.5) is 0 Å². The Morgan fingerprint density at radius 2 is 1.92 bits per heavy atom. The molecule has 24 heavy (non-hydrogen) atoms. The van der Waals surface area contributed by atoms with Crippen LogP contribution >= 0.6 is 24.0 Å². The Balaban J connectivity index is 0.00000288. The molecule has 1 amide bonds. The SMILES string of the molecule is CN=C(NCC(C)(C)C(=O)NC)NC1CCN(C2CCCC2)C1.I. The number of halogens is 1. The van der Waals surface area contributed by atoms with Crippen LogP contribution in [0.5, 0.6) is 0 Å². The summed E-state index contributed by atoms with van der Waals surface area (Å²) < 4.78 is 0. The van der Waals surface area contributed by atoms with Gasteiger partial charge in [0.2, 0.25) is 5.91 Å². The molecule has 1 saturated heterocycles. The molecule has 0 radical (unpaired) electrons. The molecule has 0 aromatic carbocycles. The molecule has 2 rings (SSSR count). The molecule has 0 spiro atoms. The number of hydrogen-bond donors (Lipinski definition) is 3. The highest BCUT2D eigenvalue weighted by Gasteiger charge is 2.31. The van der Waals surface area contributed by atoms with Crippen molar-refractivity contribution in [2.24, 2.45) is 10.4 Å². The first kappa shape index (κ1) is 21.5. The van der Waals surface area contributed by atoms with Gasteiger partial charge in [0.15, 0.2) is 5.96 Å². The van der Waals surface area contributed by atoms with Crippen LogP contribution < -0.4 is 16.0 Å². The summed E-state index contributed by atoms with van der Waals surface area (Å²) in [5, 5.41) is 9.52. The predicted octanol–water partition coefficient (Wildman–Crippen LogP) is 1.56. The highest BCUT2D eigenvalue weighted by atomic mass is 127. The summed E-state index contributed by atoms with van der Waals surface area (Å²) in [4.78, 5) is 18.8. The third-order valence-corrected chi connectivity index (χ3v) is 5.16. The quantitative estimate of drug-likeness (QED) is 0.337. The van der Waals surface area contributed by atoms with Gasteiger partial charge in [-0.15, -0.1) is 24.0 Å². The van der Waals surface area contributed by atoms with Gasteiger partial charge in [0.05, 0.1) is 5.41 Å². The van der Waals surface area contributed by atoms with E-state index >= 15 is 0 Å². The number of aliphatic imine (C=N–C) groups is 1. The maximum atomic E-state index is 11.9. The van der Waals surface area contributed by atoms with Crippen molar-refractivity contribution in [3.8, 4) is 0 Å². The number of nitrogens with zero attached hydrogens (tertiary/aromatic N) is 2. The fourth-order valence-corrected chi connectivity index (χ4v) is 3.62. The molecule has 7 heteroatoms. The lowest BCUT2D eigenvalue weighted by Gasteiger charge is -2.26. The minimum absolute atomic E-state index is 0. The van der Waals surface area contributed by atoms with Crippen molar-refractivity contribution < 1.29 is 4.79 Å². The van der Waals surface area contributed by atoms with Gasteiger partial charge in [-0.05, 0) is 33.1 Å². The van der Waals surface area contributed by atoms with Crippen molar-refractivity contribution in [2.75, 3.05) is 33.7 Å². The van der Waals surface area contributed by atoms with Crippen LogP contribution in [0.2, 0.25) is 0 Å². The third-order valence-electron chi connectivity index (χ3n) is 5.16. The zero-order valence-electron chi connectivity index (χ0n) is 15.5. The molecule has 1 aliphatic heterocycles. The number of carbonyl (C=O) groups excluding carboxylic acids is 1. The average Bonchev–Trinajstić information content (AvgIpc) is 3.21. The van der Waals surface area contributed by atoms with E-state index in [2.05, 4.69) is 25.8 Å². The summed E-state index contributed by atoms with van der Waals surface area (Å²) in [5.41, 5.74) is -0.460. The first-order valence-corrected chi connectivity index (χ1v) is 8.89. The van der Waals surface area contributed by atoms with Crippen LogP contribution in [0.1, 0.15) is 46.0 Å². The highest BCUT2D eigenvalue weighted by Crippen LogP contribution is 2.26. The first-order valence-electron chi connectivity index (χ1n) is 8.89. The molecular weight excluding hydrogens is 417 g/mol. The second-order valence-electron chi connectivity index (χ2n) is 7.45. The minimum Gasteiger partial charge on any atom is -0.359 e. The molecular formula is C17H34IN5O. The van der Waals surface area contributed by atoms with Crippen molar-refractivity contribution in [1.82, 2.24) is 20.9 Å². The second kappa shape index (κ2) is 9.79. The normalized spacial score (nSPS) is 23.0. The summed E-state index contributed by atoms with van der Waals surface area (Å²) in [6.07, 6.45) is 6.66. The third kappa shape index (κ3) is 5.75. The van der Waals surface area contributed by atoms with Gasteiger partial charge in [-0.3, -0.25) is 14.7 Å². The molecule has 6 nitrogen and oxygen atoms in total. The number of hydrogen-bond acceptors (Lipinski definition) is 3. The number of rotatable bonds is 5. The van der Waals surface area contributed by atoms with E-state index in [1.54, 1.807) is 14.1 Å². The molecule has 2 fully saturated rings. The van der Waals surface area contributed by atoms with Crippen LogP contribution in [0, 0.1) is 5.41 Å². The molecule has 1 aliphatic carbocycles. The van der Waals surface area contributed by atoms with Crippen LogP contribution in [0.15, 0.2) is 4.99 Å². The minimum atomic E-state index is -0.460. The Hall–Kier alpha value is -0.570. The van der Waals surface area contributed by atoms with E-state index in [1.165, 1.54) is 32.2 Å². The van der Waals surface area contributed by atoms with E-state index in [-0.39, 0.29) is 29.9 Å². The smallest absolute Gasteiger partial charge is 0.227 e. The lowest BCUT2D eigenvalue weighted by molar-refractivity contribution is -0.128. The average molecular weight is 451 g/mol.